The second kappa shape index (κ2) is 5.36. The predicted molar refractivity (Wildman–Crippen MR) is 76.3 cm³/mol. The van der Waals surface area contributed by atoms with Gasteiger partial charge in [0, 0.05) is 14.2 Å². The van der Waals surface area contributed by atoms with E-state index in [4.69, 9.17) is 5.73 Å². The van der Waals surface area contributed by atoms with Gasteiger partial charge in [-0.1, -0.05) is 12.1 Å². The summed E-state index contributed by atoms with van der Waals surface area (Å²) < 4.78 is 1.10. The Bertz CT molecular complexity index is 464. The summed E-state index contributed by atoms with van der Waals surface area (Å²) >= 11 is 6.95. The monoisotopic (exact) mass is 313 g/mol. The Balaban J connectivity index is 2.27. The van der Waals surface area contributed by atoms with Crippen LogP contribution in [0.25, 0.3) is 0 Å². The maximum absolute atomic E-state index is 6.23. The number of hydrogen-bond acceptors (Lipinski definition) is 3. The molecule has 0 aliphatic rings. The van der Waals surface area contributed by atoms with E-state index in [1.807, 2.05) is 6.07 Å². The van der Waals surface area contributed by atoms with E-state index in [9.17, 15) is 0 Å². The summed E-state index contributed by atoms with van der Waals surface area (Å²) in [7, 11) is 0. The third-order valence-corrected chi connectivity index (χ3v) is 5.10. The Morgan fingerprint density at radius 1 is 1.25 bits per heavy atom. The van der Waals surface area contributed by atoms with Crippen LogP contribution in [0.2, 0.25) is 0 Å². The number of halogens is 1. The third-order valence-electron chi connectivity index (χ3n) is 2.40. The van der Waals surface area contributed by atoms with E-state index in [0.717, 1.165) is 10.0 Å². The zero-order chi connectivity index (χ0) is 11.5. The van der Waals surface area contributed by atoms with Crippen molar-refractivity contribution in [1.29, 1.82) is 0 Å². The molecule has 1 unspecified atom stereocenters. The van der Waals surface area contributed by atoms with Gasteiger partial charge in [0.2, 0.25) is 0 Å². The number of hydrogen-bond donors (Lipinski definition) is 1. The van der Waals surface area contributed by atoms with Crippen LogP contribution >= 0.6 is 39.0 Å². The van der Waals surface area contributed by atoms with Crippen LogP contribution in [0.1, 0.15) is 16.5 Å². The second-order valence-electron chi connectivity index (χ2n) is 3.38. The first-order valence-electron chi connectivity index (χ1n) is 4.85. The van der Waals surface area contributed by atoms with Crippen LogP contribution in [0, 0.1) is 0 Å². The predicted octanol–water partition coefficient (Wildman–Crippen LogP) is 4.28. The average molecular weight is 314 g/mol. The van der Waals surface area contributed by atoms with E-state index in [1.54, 1.807) is 23.1 Å². The lowest BCUT2D eigenvalue weighted by Gasteiger charge is -2.11. The molecular weight excluding hydrogens is 302 g/mol. The zero-order valence-electron chi connectivity index (χ0n) is 8.81. The average Bonchev–Trinajstić information content (AvgIpc) is 2.75. The van der Waals surface area contributed by atoms with Crippen molar-refractivity contribution in [1.82, 2.24) is 0 Å². The van der Waals surface area contributed by atoms with E-state index in [1.165, 1.54) is 9.77 Å². The Kier molecular flexibility index (Phi) is 4.08. The van der Waals surface area contributed by atoms with Gasteiger partial charge in [0.15, 0.2) is 0 Å². The van der Waals surface area contributed by atoms with Crippen molar-refractivity contribution < 1.29 is 0 Å². The summed E-state index contributed by atoms with van der Waals surface area (Å²) in [4.78, 5) is 2.44. The highest BCUT2D eigenvalue weighted by Crippen LogP contribution is 2.32. The summed E-state index contributed by atoms with van der Waals surface area (Å²) in [5, 5.41) is 2.05. The SMILES string of the molecule is CSc1ccc(C(N)c2sccc2Br)cc1. The standard InChI is InChI=1S/C12H12BrNS2/c1-15-9-4-2-8(3-5-9)11(14)12-10(13)6-7-16-12/h2-7,11H,14H2,1H3. The molecule has 0 spiro atoms. The fourth-order valence-corrected chi connectivity index (χ4v) is 3.55. The van der Waals surface area contributed by atoms with E-state index in [2.05, 4.69) is 51.8 Å². The largest absolute Gasteiger partial charge is 0.320 e. The molecule has 0 saturated heterocycles. The molecule has 0 aliphatic carbocycles. The molecule has 2 aromatic rings. The molecule has 2 rings (SSSR count). The Labute approximate surface area is 112 Å². The maximum Gasteiger partial charge on any atom is 0.0657 e. The molecule has 1 heterocycles. The topological polar surface area (TPSA) is 26.0 Å². The van der Waals surface area contributed by atoms with Crippen LogP contribution < -0.4 is 5.73 Å². The van der Waals surface area contributed by atoms with Crippen molar-refractivity contribution in [2.24, 2.45) is 5.73 Å². The molecule has 0 aliphatic heterocycles. The maximum atomic E-state index is 6.23. The Morgan fingerprint density at radius 2 is 1.94 bits per heavy atom. The molecule has 84 valence electrons. The molecule has 1 atom stereocenters. The van der Waals surface area contributed by atoms with Gasteiger partial charge in [-0.15, -0.1) is 23.1 Å². The summed E-state index contributed by atoms with van der Waals surface area (Å²) in [6, 6.07) is 10.4. The molecule has 1 aromatic heterocycles. The molecule has 0 saturated carbocycles. The first kappa shape index (κ1) is 12.2. The molecule has 1 nitrogen and oxygen atoms in total. The molecule has 0 radical (unpaired) electrons. The quantitative estimate of drug-likeness (QED) is 0.856. The van der Waals surface area contributed by atoms with Gasteiger partial charge in [-0.2, -0.15) is 0 Å². The van der Waals surface area contributed by atoms with Gasteiger partial charge in [0.1, 0.15) is 0 Å². The lowest BCUT2D eigenvalue weighted by atomic mass is 10.1. The highest BCUT2D eigenvalue weighted by atomic mass is 79.9. The van der Waals surface area contributed by atoms with Crippen molar-refractivity contribution in [3.05, 3.63) is 50.6 Å². The van der Waals surface area contributed by atoms with Gasteiger partial charge in [-0.25, -0.2) is 0 Å². The third kappa shape index (κ3) is 2.51. The van der Waals surface area contributed by atoms with Crippen molar-refractivity contribution in [3.63, 3.8) is 0 Å². The van der Waals surface area contributed by atoms with Gasteiger partial charge < -0.3 is 5.73 Å². The van der Waals surface area contributed by atoms with Crippen LogP contribution in [0.4, 0.5) is 0 Å². The molecule has 0 bridgehead atoms. The van der Waals surface area contributed by atoms with E-state index < -0.39 is 0 Å². The summed E-state index contributed by atoms with van der Waals surface area (Å²) in [5.74, 6) is 0. The minimum Gasteiger partial charge on any atom is -0.320 e. The minimum absolute atomic E-state index is 0.0368. The van der Waals surface area contributed by atoms with E-state index >= 15 is 0 Å². The van der Waals surface area contributed by atoms with E-state index in [-0.39, 0.29) is 6.04 Å². The fraction of sp³-hybridized carbons (Fsp3) is 0.167. The molecular formula is C12H12BrNS2. The van der Waals surface area contributed by atoms with E-state index in [0.29, 0.717) is 0 Å². The smallest absolute Gasteiger partial charge is 0.0657 e. The number of nitrogens with two attached hydrogens (primary N) is 1. The number of benzene rings is 1. The number of rotatable bonds is 3. The fourth-order valence-electron chi connectivity index (χ4n) is 1.49. The zero-order valence-corrected chi connectivity index (χ0v) is 12.0. The molecule has 1 aromatic carbocycles. The lowest BCUT2D eigenvalue weighted by Crippen LogP contribution is -2.10. The van der Waals surface area contributed by atoms with Crippen LogP contribution in [-0.4, -0.2) is 6.26 Å². The minimum atomic E-state index is -0.0368. The lowest BCUT2D eigenvalue weighted by molar-refractivity contribution is 0.887. The first-order valence-corrected chi connectivity index (χ1v) is 7.74. The van der Waals surface area contributed by atoms with Crippen LogP contribution in [0.15, 0.2) is 45.1 Å². The molecule has 4 heteroatoms. The molecule has 2 N–H and O–H groups in total. The first-order chi connectivity index (χ1) is 7.72. The van der Waals surface area contributed by atoms with Crippen LogP contribution in [0.3, 0.4) is 0 Å². The van der Waals surface area contributed by atoms with Crippen molar-refractivity contribution in [2.75, 3.05) is 6.26 Å². The molecule has 0 amide bonds. The van der Waals surface area contributed by atoms with Crippen LogP contribution in [0.5, 0.6) is 0 Å². The highest BCUT2D eigenvalue weighted by molar-refractivity contribution is 9.10. The van der Waals surface area contributed by atoms with Gasteiger partial charge in [-0.3, -0.25) is 0 Å². The second-order valence-corrected chi connectivity index (χ2v) is 6.07. The molecule has 16 heavy (non-hydrogen) atoms. The van der Waals surface area contributed by atoms with Crippen molar-refractivity contribution >= 4 is 39.0 Å². The Morgan fingerprint density at radius 3 is 2.44 bits per heavy atom. The number of thiophene rings is 1. The van der Waals surface area contributed by atoms with Crippen molar-refractivity contribution in [3.8, 4) is 0 Å². The van der Waals surface area contributed by atoms with Crippen LogP contribution in [-0.2, 0) is 0 Å². The number of thioether (sulfide) groups is 1. The van der Waals surface area contributed by atoms with Crippen molar-refractivity contribution in [2.45, 2.75) is 10.9 Å². The van der Waals surface area contributed by atoms with Gasteiger partial charge in [0.25, 0.3) is 0 Å². The molecule has 0 fully saturated rings. The summed E-state index contributed by atoms with van der Waals surface area (Å²) in [5.41, 5.74) is 7.38. The highest BCUT2D eigenvalue weighted by Gasteiger charge is 2.13. The summed E-state index contributed by atoms with van der Waals surface area (Å²) in [6.45, 7) is 0. The Hall–Kier alpha value is -0.290. The van der Waals surface area contributed by atoms with Gasteiger partial charge >= 0.3 is 0 Å². The van der Waals surface area contributed by atoms with Gasteiger partial charge in [-0.05, 0) is 51.3 Å². The summed E-state index contributed by atoms with van der Waals surface area (Å²) in [6.07, 6.45) is 2.07. The normalized spacial score (nSPS) is 12.7. The van der Waals surface area contributed by atoms with Gasteiger partial charge in [0.05, 0.1) is 6.04 Å².